The zero-order valence-corrected chi connectivity index (χ0v) is 19.0. The lowest BCUT2D eigenvalue weighted by molar-refractivity contribution is -0.126. The van der Waals surface area contributed by atoms with Crippen LogP contribution in [0.15, 0.2) is 68.5 Å². The van der Waals surface area contributed by atoms with Gasteiger partial charge in [-0.2, -0.15) is 9.29 Å². The van der Waals surface area contributed by atoms with Crippen LogP contribution in [0.5, 0.6) is 0 Å². The summed E-state index contributed by atoms with van der Waals surface area (Å²) in [6.45, 7) is 0.638. The van der Waals surface area contributed by atoms with Crippen LogP contribution in [0.1, 0.15) is 18.7 Å². The Morgan fingerprint density at radius 3 is 2.77 bits per heavy atom. The number of rotatable bonds is 6. The molecule has 0 bridgehead atoms. The Hall–Kier alpha value is -2.56. The minimum atomic E-state index is -3.62. The molecule has 2 heterocycles. The van der Waals surface area contributed by atoms with Crippen LogP contribution >= 0.6 is 15.9 Å². The number of amides is 1. The van der Waals surface area contributed by atoms with Crippen LogP contribution in [0.25, 0.3) is 11.4 Å². The van der Waals surface area contributed by atoms with E-state index in [4.69, 9.17) is 4.52 Å². The van der Waals surface area contributed by atoms with Crippen LogP contribution in [0, 0.1) is 5.92 Å². The van der Waals surface area contributed by atoms with Crippen molar-refractivity contribution in [2.45, 2.75) is 24.3 Å². The zero-order valence-electron chi connectivity index (χ0n) is 16.6. The Labute approximate surface area is 188 Å². The average Bonchev–Trinajstić information content (AvgIpc) is 3.27. The van der Waals surface area contributed by atoms with E-state index in [1.165, 1.54) is 4.31 Å². The Balaban J connectivity index is 1.37. The minimum absolute atomic E-state index is 0.0851. The van der Waals surface area contributed by atoms with Crippen LogP contribution in [0.2, 0.25) is 0 Å². The van der Waals surface area contributed by atoms with Crippen molar-refractivity contribution in [3.8, 4) is 11.4 Å². The monoisotopic (exact) mass is 504 g/mol. The number of hydrogen-bond acceptors (Lipinski definition) is 6. The van der Waals surface area contributed by atoms with Gasteiger partial charge in [-0.1, -0.05) is 51.4 Å². The number of nitrogens with zero attached hydrogens (tertiary/aromatic N) is 3. The molecule has 1 N–H and O–H groups in total. The third-order valence-electron chi connectivity index (χ3n) is 5.10. The number of piperidine rings is 1. The molecule has 10 heteroatoms. The summed E-state index contributed by atoms with van der Waals surface area (Å²) in [6, 6.07) is 15.8. The third-order valence-corrected chi connectivity index (χ3v) is 7.47. The van der Waals surface area contributed by atoms with Gasteiger partial charge in [0.05, 0.1) is 17.4 Å². The van der Waals surface area contributed by atoms with Crippen molar-refractivity contribution < 1.29 is 17.7 Å². The lowest BCUT2D eigenvalue weighted by atomic mass is 9.99. The number of carbonyl (C=O) groups excluding carboxylic acids is 1. The highest BCUT2D eigenvalue weighted by Gasteiger charge is 2.33. The van der Waals surface area contributed by atoms with E-state index in [2.05, 4.69) is 31.4 Å². The molecule has 4 rings (SSSR count). The first-order chi connectivity index (χ1) is 14.9. The van der Waals surface area contributed by atoms with E-state index in [0.717, 1.165) is 10.0 Å². The first-order valence-corrected chi connectivity index (χ1v) is 12.1. The van der Waals surface area contributed by atoms with Crippen molar-refractivity contribution in [1.29, 1.82) is 0 Å². The molecule has 2 aromatic carbocycles. The molecule has 31 heavy (non-hydrogen) atoms. The second-order valence-corrected chi connectivity index (χ2v) is 10.1. The molecule has 0 radical (unpaired) electrons. The maximum Gasteiger partial charge on any atom is 0.246 e. The molecule has 1 aromatic heterocycles. The van der Waals surface area contributed by atoms with E-state index < -0.39 is 15.9 Å². The van der Waals surface area contributed by atoms with E-state index in [1.54, 1.807) is 30.3 Å². The SMILES string of the molecule is O=C(NCc1nc(-c2cccc(Br)c2)no1)[C@H]1CCCN(S(=O)(=O)c2ccccc2)C1. The van der Waals surface area contributed by atoms with E-state index in [9.17, 15) is 13.2 Å². The Morgan fingerprint density at radius 2 is 2.00 bits per heavy atom. The van der Waals surface area contributed by atoms with Gasteiger partial charge in [-0.3, -0.25) is 4.79 Å². The largest absolute Gasteiger partial charge is 0.347 e. The standard InChI is InChI=1S/C21H21BrN4O4S/c22-17-8-4-6-15(12-17)20-24-19(30-25-20)13-23-21(27)16-7-5-11-26(14-16)31(28,29)18-9-2-1-3-10-18/h1-4,6,8-10,12,16H,5,7,11,13-14H2,(H,23,27)/t16-/m0/s1. The normalized spacial score (nSPS) is 17.4. The average molecular weight is 505 g/mol. The second kappa shape index (κ2) is 9.29. The van der Waals surface area contributed by atoms with Gasteiger partial charge >= 0.3 is 0 Å². The number of halogens is 1. The molecule has 1 aliphatic rings. The van der Waals surface area contributed by atoms with E-state index in [1.807, 2.05) is 24.3 Å². The van der Waals surface area contributed by atoms with Crippen molar-refractivity contribution in [3.05, 3.63) is 65.0 Å². The number of carbonyl (C=O) groups is 1. The maximum atomic E-state index is 12.9. The summed E-state index contributed by atoms with van der Waals surface area (Å²) < 4.78 is 33.2. The molecule has 0 aliphatic carbocycles. The van der Waals surface area contributed by atoms with E-state index in [0.29, 0.717) is 25.2 Å². The third kappa shape index (κ3) is 5.03. The molecule has 1 atom stereocenters. The summed E-state index contributed by atoms with van der Waals surface area (Å²) in [6.07, 6.45) is 1.25. The fourth-order valence-electron chi connectivity index (χ4n) is 3.49. The van der Waals surface area contributed by atoms with Crippen LogP contribution in [-0.4, -0.2) is 41.9 Å². The summed E-state index contributed by atoms with van der Waals surface area (Å²) >= 11 is 3.40. The minimum Gasteiger partial charge on any atom is -0.347 e. The molecule has 1 amide bonds. The number of sulfonamides is 1. The van der Waals surface area contributed by atoms with Gasteiger partial charge in [0.1, 0.15) is 0 Å². The van der Waals surface area contributed by atoms with Crippen molar-refractivity contribution in [2.24, 2.45) is 5.92 Å². The van der Waals surface area contributed by atoms with Gasteiger partial charge in [0, 0.05) is 23.1 Å². The van der Waals surface area contributed by atoms with E-state index >= 15 is 0 Å². The fraction of sp³-hybridized carbons (Fsp3) is 0.286. The highest BCUT2D eigenvalue weighted by Crippen LogP contribution is 2.24. The van der Waals surface area contributed by atoms with E-state index in [-0.39, 0.29) is 29.8 Å². The van der Waals surface area contributed by atoms with Crippen molar-refractivity contribution in [2.75, 3.05) is 13.1 Å². The predicted molar refractivity (Wildman–Crippen MR) is 117 cm³/mol. The number of nitrogens with one attached hydrogen (secondary N) is 1. The zero-order chi connectivity index (χ0) is 21.8. The van der Waals surface area contributed by atoms with Crippen molar-refractivity contribution in [1.82, 2.24) is 19.8 Å². The number of aromatic nitrogens is 2. The number of benzene rings is 2. The lowest BCUT2D eigenvalue weighted by Crippen LogP contribution is -2.45. The topological polar surface area (TPSA) is 105 Å². The molecule has 162 valence electrons. The molecule has 8 nitrogen and oxygen atoms in total. The smallest absolute Gasteiger partial charge is 0.246 e. The Morgan fingerprint density at radius 1 is 1.19 bits per heavy atom. The first kappa shape index (κ1) is 21.7. The molecular weight excluding hydrogens is 484 g/mol. The molecule has 1 aliphatic heterocycles. The van der Waals surface area contributed by atoms with Gasteiger partial charge in [-0.15, -0.1) is 0 Å². The van der Waals surface area contributed by atoms with Gasteiger partial charge in [0.2, 0.25) is 27.6 Å². The summed E-state index contributed by atoms with van der Waals surface area (Å²) in [5, 5.41) is 6.74. The van der Waals surface area contributed by atoms with Crippen LogP contribution in [-0.2, 0) is 21.4 Å². The highest BCUT2D eigenvalue weighted by molar-refractivity contribution is 9.10. The molecule has 0 unspecified atom stereocenters. The Kier molecular flexibility index (Phi) is 6.49. The number of hydrogen-bond donors (Lipinski definition) is 1. The molecular formula is C21H21BrN4O4S. The fourth-order valence-corrected chi connectivity index (χ4v) is 5.44. The highest BCUT2D eigenvalue weighted by atomic mass is 79.9. The van der Waals surface area contributed by atoms with Crippen molar-refractivity contribution in [3.63, 3.8) is 0 Å². The molecule has 0 saturated carbocycles. The quantitative estimate of drug-likeness (QED) is 0.552. The van der Waals surface area contributed by atoms with Gasteiger partial charge in [-0.25, -0.2) is 8.42 Å². The summed E-state index contributed by atoms with van der Waals surface area (Å²) in [7, 11) is -3.62. The summed E-state index contributed by atoms with van der Waals surface area (Å²) in [4.78, 5) is 17.2. The molecule has 0 spiro atoms. The summed E-state index contributed by atoms with van der Waals surface area (Å²) in [5.41, 5.74) is 0.796. The first-order valence-electron chi connectivity index (χ1n) is 9.85. The Bertz CT molecular complexity index is 1170. The predicted octanol–water partition coefficient (Wildman–Crippen LogP) is 3.22. The van der Waals surface area contributed by atoms with Gasteiger partial charge in [-0.05, 0) is 37.1 Å². The van der Waals surface area contributed by atoms with Crippen molar-refractivity contribution >= 4 is 31.9 Å². The van der Waals surface area contributed by atoms with Gasteiger partial charge in [0.15, 0.2) is 0 Å². The van der Waals surface area contributed by atoms with Gasteiger partial charge < -0.3 is 9.84 Å². The molecule has 1 fully saturated rings. The summed E-state index contributed by atoms with van der Waals surface area (Å²) in [5.74, 6) is 0.0612. The lowest BCUT2D eigenvalue weighted by Gasteiger charge is -2.31. The maximum absolute atomic E-state index is 12.9. The van der Waals surface area contributed by atoms with Crippen LogP contribution < -0.4 is 5.32 Å². The van der Waals surface area contributed by atoms with Crippen LogP contribution in [0.4, 0.5) is 0 Å². The van der Waals surface area contributed by atoms with Crippen LogP contribution in [0.3, 0.4) is 0 Å². The second-order valence-electron chi connectivity index (χ2n) is 7.26. The molecule has 1 saturated heterocycles. The van der Waals surface area contributed by atoms with Gasteiger partial charge in [0.25, 0.3) is 0 Å². The molecule has 3 aromatic rings.